The van der Waals surface area contributed by atoms with Gasteiger partial charge in [-0.3, -0.25) is 4.99 Å². The van der Waals surface area contributed by atoms with Crippen LogP contribution in [-0.2, 0) is 6.54 Å². The minimum atomic E-state index is -0.260. The number of rotatable bonds is 4. The van der Waals surface area contributed by atoms with Crippen LogP contribution in [0.5, 0.6) is 0 Å². The first-order valence-electron chi connectivity index (χ1n) is 8.18. The maximum Gasteiger partial charge on any atom is 0.254 e. The largest absolute Gasteiger partial charge is 0.378 e. The van der Waals surface area contributed by atoms with Crippen molar-refractivity contribution in [1.82, 2.24) is 14.8 Å². The van der Waals surface area contributed by atoms with Crippen LogP contribution >= 0.6 is 0 Å². The lowest BCUT2D eigenvalue weighted by atomic mass is 10.1. The van der Waals surface area contributed by atoms with Crippen LogP contribution in [0.3, 0.4) is 0 Å². The predicted molar refractivity (Wildman–Crippen MR) is 99.9 cm³/mol. The van der Waals surface area contributed by atoms with Crippen molar-refractivity contribution in [2.75, 3.05) is 19.0 Å². The van der Waals surface area contributed by atoms with Gasteiger partial charge in [-0.25, -0.2) is 9.38 Å². The zero-order chi connectivity index (χ0) is 18.1. The number of fused-ring (bicyclic) bond motifs is 1. The van der Waals surface area contributed by atoms with Crippen molar-refractivity contribution in [1.29, 1.82) is 0 Å². The molecule has 0 amide bonds. The summed E-state index contributed by atoms with van der Waals surface area (Å²) >= 11 is 0. The molecule has 4 rings (SSSR count). The molecular weight excluding hydrogens is 331 g/mol. The van der Waals surface area contributed by atoms with Crippen LogP contribution in [0.1, 0.15) is 11.1 Å². The summed E-state index contributed by atoms with van der Waals surface area (Å²) in [4.78, 5) is 15.4. The first-order valence-corrected chi connectivity index (χ1v) is 8.18. The van der Waals surface area contributed by atoms with Crippen molar-refractivity contribution in [2.24, 2.45) is 9.98 Å². The van der Waals surface area contributed by atoms with Crippen LogP contribution in [-0.4, -0.2) is 40.4 Å². The molecule has 1 aliphatic heterocycles. The highest BCUT2D eigenvalue weighted by molar-refractivity contribution is 6.50. The van der Waals surface area contributed by atoms with Gasteiger partial charge >= 0.3 is 0 Å². The molecule has 0 fully saturated rings. The normalized spacial score (nSPS) is 14.4. The molecule has 0 bridgehead atoms. The summed E-state index contributed by atoms with van der Waals surface area (Å²) in [6, 6.07) is 14.4. The summed E-state index contributed by atoms with van der Waals surface area (Å²) in [5.41, 5.74) is 3.69. The van der Waals surface area contributed by atoms with E-state index < -0.39 is 0 Å². The summed E-state index contributed by atoms with van der Waals surface area (Å²) in [6.07, 6.45) is 1.46. The highest BCUT2D eigenvalue weighted by atomic mass is 19.1. The van der Waals surface area contributed by atoms with E-state index in [0.29, 0.717) is 18.3 Å². The van der Waals surface area contributed by atoms with Gasteiger partial charge in [0, 0.05) is 25.3 Å². The maximum atomic E-state index is 13.1. The third-order valence-corrected chi connectivity index (χ3v) is 4.14. The first-order chi connectivity index (χ1) is 12.6. The number of aliphatic imine (C=N–C) groups is 2. The lowest BCUT2D eigenvalue weighted by Crippen LogP contribution is -2.20. The molecule has 1 aromatic heterocycles. The van der Waals surface area contributed by atoms with Gasteiger partial charge in [0.2, 0.25) is 0 Å². The number of hydrogen-bond acceptors (Lipinski definition) is 5. The smallest absolute Gasteiger partial charge is 0.254 e. The standard InChI is InChI=1S/C19H17FN6/c1-25(2)16-9-5-14(6-10-16)17-18(26-19(24-17)22-12-23-26)21-11-13-3-7-15(20)8-4-13/h3-10,12H,11H2,1-2H3. The zero-order valence-corrected chi connectivity index (χ0v) is 14.5. The van der Waals surface area contributed by atoms with Gasteiger partial charge in [0.25, 0.3) is 5.95 Å². The second-order valence-electron chi connectivity index (χ2n) is 6.14. The van der Waals surface area contributed by atoms with E-state index in [-0.39, 0.29) is 5.82 Å². The van der Waals surface area contributed by atoms with Crippen LogP contribution in [0, 0.1) is 5.82 Å². The molecule has 6 nitrogen and oxygen atoms in total. The van der Waals surface area contributed by atoms with Crippen LogP contribution in [0.15, 0.2) is 64.8 Å². The van der Waals surface area contributed by atoms with Crippen LogP contribution < -0.4 is 4.90 Å². The van der Waals surface area contributed by atoms with E-state index in [1.807, 2.05) is 43.3 Å². The summed E-state index contributed by atoms with van der Waals surface area (Å²) in [5.74, 6) is 0.887. The average Bonchev–Trinajstić information content (AvgIpc) is 3.23. The maximum absolute atomic E-state index is 13.1. The van der Waals surface area contributed by atoms with Gasteiger partial charge in [-0.2, -0.15) is 14.8 Å². The Hall–Kier alpha value is -3.35. The minimum absolute atomic E-state index is 0.260. The summed E-state index contributed by atoms with van der Waals surface area (Å²) in [7, 11) is 3.99. The van der Waals surface area contributed by atoms with E-state index in [9.17, 15) is 4.39 Å². The molecule has 26 heavy (non-hydrogen) atoms. The topological polar surface area (TPSA) is 58.7 Å². The van der Waals surface area contributed by atoms with E-state index in [1.54, 1.807) is 16.8 Å². The average molecular weight is 348 g/mol. The Balaban J connectivity index is 1.67. The fraction of sp³-hybridized carbons (Fsp3) is 0.158. The Labute approximate surface area is 150 Å². The number of benzene rings is 2. The molecule has 0 spiro atoms. The number of anilines is 1. The number of halogens is 1. The molecular formula is C19H17FN6. The van der Waals surface area contributed by atoms with E-state index in [0.717, 1.165) is 22.5 Å². The highest BCUT2D eigenvalue weighted by Gasteiger charge is 2.25. The molecule has 2 aromatic carbocycles. The number of aromatic nitrogens is 3. The third kappa shape index (κ3) is 2.99. The summed E-state index contributed by atoms with van der Waals surface area (Å²) < 4.78 is 14.7. The van der Waals surface area contributed by atoms with Gasteiger partial charge in [0.1, 0.15) is 17.9 Å². The second kappa shape index (κ2) is 6.51. The monoisotopic (exact) mass is 348 g/mol. The van der Waals surface area contributed by atoms with Crippen molar-refractivity contribution in [3.63, 3.8) is 0 Å². The van der Waals surface area contributed by atoms with Gasteiger partial charge in [0.05, 0.1) is 6.54 Å². The Morgan fingerprint density at radius 1 is 1.04 bits per heavy atom. The number of nitrogens with zero attached hydrogens (tertiary/aromatic N) is 6. The van der Waals surface area contributed by atoms with Gasteiger partial charge < -0.3 is 4.90 Å². The predicted octanol–water partition coefficient (Wildman–Crippen LogP) is 3.06. The minimum Gasteiger partial charge on any atom is -0.378 e. The van der Waals surface area contributed by atoms with Crippen molar-refractivity contribution >= 4 is 23.2 Å². The van der Waals surface area contributed by atoms with Crippen LogP contribution in [0.2, 0.25) is 0 Å². The van der Waals surface area contributed by atoms with Gasteiger partial charge in [-0.15, -0.1) is 0 Å². The molecule has 0 radical (unpaired) electrons. The second-order valence-corrected chi connectivity index (χ2v) is 6.14. The van der Waals surface area contributed by atoms with Gasteiger partial charge in [0.15, 0.2) is 5.84 Å². The zero-order valence-electron chi connectivity index (χ0n) is 14.5. The van der Waals surface area contributed by atoms with E-state index >= 15 is 0 Å². The molecule has 0 saturated heterocycles. The SMILES string of the molecule is CN(C)c1ccc(C2=Nc3ncnn3C2=NCc2ccc(F)cc2)cc1. The van der Waals surface area contributed by atoms with Gasteiger partial charge in [-0.05, 0) is 29.8 Å². The molecule has 0 saturated carbocycles. The molecule has 0 aliphatic carbocycles. The molecule has 3 aromatic rings. The highest BCUT2D eigenvalue weighted by Crippen LogP contribution is 2.22. The van der Waals surface area contributed by atoms with Crippen molar-refractivity contribution in [3.05, 3.63) is 71.8 Å². The summed E-state index contributed by atoms with van der Waals surface area (Å²) in [5, 5.41) is 4.22. The van der Waals surface area contributed by atoms with Crippen molar-refractivity contribution in [2.45, 2.75) is 6.54 Å². The Kier molecular flexibility index (Phi) is 4.04. The van der Waals surface area contributed by atoms with E-state index in [2.05, 4.69) is 20.1 Å². The third-order valence-electron chi connectivity index (χ3n) is 4.14. The fourth-order valence-corrected chi connectivity index (χ4v) is 2.72. The Bertz CT molecular complexity index is 984. The molecule has 0 unspecified atom stereocenters. The molecule has 2 heterocycles. The molecule has 0 N–H and O–H groups in total. The molecule has 130 valence electrons. The van der Waals surface area contributed by atoms with Crippen LogP contribution in [0.25, 0.3) is 0 Å². The quantitative estimate of drug-likeness (QED) is 0.728. The van der Waals surface area contributed by atoms with Crippen molar-refractivity contribution < 1.29 is 4.39 Å². The first kappa shape index (κ1) is 16.1. The van der Waals surface area contributed by atoms with Crippen LogP contribution in [0.4, 0.5) is 16.0 Å². The molecule has 7 heteroatoms. The lowest BCUT2D eigenvalue weighted by molar-refractivity contribution is 0.627. The summed E-state index contributed by atoms with van der Waals surface area (Å²) in [6.45, 7) is 0.406. The van der Waals surface area contributed by atoms with Gasteiger partial charge in [-0.1, -0.05) is 24.3 Å². The lowest BCUT2D eigenvalue weighted by Gasteiger charge is -2.12. The molecule has 1 aliphatic rings. The Morgan fingerprint density at radius 3 is 2.46 bits per heavy atom. The fourth-order valence-electron chi connectivity index (χ4n) is 2.72. The van der Waals surface area contributed by atoms with E-state index in [1.165, 1.54) is 18.5 Å². The Morgan fingerprint density at radius 2 is 1.77 bits per heavy atom. The molecule has 0 atom stereocenters. The van der Waals surface area contributed by atoms with Crippen molar-refractivity contribution in [3.8, 4) is 0 Å². The van der Waals surface area contributed by atoms with E-state index in [4.69, 9.17) is 0 Å². The number of hydrogen-bond donors (Lipinski definition) is 0.